The van der Waals surface area contributed by atoms with Crippen molar-refractivity contribution >= 4 is 5.91 Å². The molecule has 19 heavy (non-hydrogen) atoms. The number of carbonyl (C=O) groups excluding carboxylic acids is 1. The molecule has 104 valence electrons. The summed E-state index contributed by atoms with van der Waals surface area (Å²) in [6, 6.07) is 5.82. The molecule has 1 aromatic carbocycles. The number of fused-ring (bicyclic) bond motifs is 1. The molecule has 0 aliphatic carbocycles. The van der Waals surface area contributed by atoms with Crippen molar-refractivity contribution in [1.82, 2.24) is 5.32 Å². The summed E-state index contributed by atoms with van der Waals surface area (Å²) in [5.41, 5.74) is 8.68. The lowest BCUT2D eigenvalue weighted by molar-refractivity contribution is 0.0935. The molecule has 0 radical (unpaired) electrons. The van der Waals surface area contributed by atoms with Crippen LogP contribution in [0.1, 0.15) is 47.7 Å². The summed E-state index contributed by atoms with van der Waals surface area (Å²) in [6.45, 7) is 3.88. The maximum absolute atomic E-state index is 12.2. The van der Waals surface area contributed by atoms with Gasteiger partial charge >= 0.3 is 0 Å². The molecule has 2 rings (SSSR count). The molecule has 0 saturated carbocycles. The molecule has 0 spiro atoms. The molecule has 0 aromatic heterocycles. The Morgan fingerprint density at radius 1 is 1.42 bits per heavy atom. The number of carbonyl (C=O) groups is 1. The van der Waals surface area contributed by atoms with Gasteiger partial charge in [0, 0.05) is 18.2 Å². The normalized spacial score (nSPS) is 15.1. The van der Waals surface area contributed by atoms with Gasteiger partial charge in [-0.2, -0.15) is 0 Å². The molecule has 1 amide bonds. The van der Waals surface area contributed by atoms with Gasteiger partial charge in [0.15, 0.2) is 0 Å². The molecular formula is C15H22N2O2. The van der Waals surface area contributed by atoms with Crippen LogP contribution in [0.5, 0.6) is 0 Å². The van der Waals surface area contributed by atoms with E-state index in [0.29, 0.717) is 25.3 Å². The first kappa shape index (κ1) is 14.0. The number of hydrogen-bond acceptors (Lipinski definition) is 3. The fraction of sp³-hybridized carbons (Fsp3) is 0.533. The maximum Gasteiger partial charge on any atom is 0.251 e. The lowest BCUT2D eigenvalue weighted by atomic mass is 10.0. The van der Waals surface area contributed by atoms with Gasteiger partial charge in [-0.15, -0.1) is 0 Å². The summed E-state index contributed by atoms with van der Waals surface area (Å²) >= 11 is 0. The molecule has 0 fully saturated rings. The molecule has 1 unspecified atom stereocenters. The molecule has 1 aliphatic rings. The third-order valence-corrected chi connectivity index (χ3v) is 3.51. The lowest BCUT2D eigenvalue weighted by Crippen LogP contribution is -2.40. The van der Waals surface area contributed by atoms with E-state index in [9.17, 15) is 4.79 Å². The van der Waals surface area contributed by atoms with Crippen LogP contribution in [0.25, 0.3) is 0 Å². The molecule has 1 atom stereocenters. The number of amides is 1. The van der Waals surface area contributed by atoms with Crippen LogP contribution in [0.15, 0.2) is 18.2 Å². The molecule has 1 aliphatic heterocycles. The van der Waals surface area contributed by atoms with Crippen molar-refractivity contribution in [2.24, 2.45) is 5.73 Å². The van der Waals surface area contributed by atoms with E-state index in [0.717, 1.165) is 24.8 Å². The van der Waals surface area contributed by atoms with Crippen molar-refractivity contribution in [2.75, 3.05) is 6.54 Å². The van der Waals surface area contributed by atoms with Crippen LogP contribution >= 0.6 is 0 Å². The van der Waals surface area contributed by atoms with E-state index in [4.69, 9.17) is 10.5 Å². The first-order chi connectivity index (χ1) is 9.24. The van der Waals surface area contributed by atoms with E-state index in [1.165, 1.54) is 5.56 Å². The second-order valence-corrected chi connectivity index (χ2v) is 5.02. The molecule has 0 bridgehead atoms. The second kappa shape index (κ2) is 6.68. The quantitative estimate of drug-likeness (QED) is 0.823. The van der Waals surface area contributed by atoms with Gasteiger partial charge in [-0.25, -0.2) is 0 Å². The van der Waals surface area contributed by atoms with Crippen LogP contribution in [-0.2, 0) is 18.0 Å². The van der Waals surface area contributed by atoms with E-state index >= 15 is 0 Å². The predicted molar refractivity (Wildman–Crippen MR) is 74.8 cm³/mol. The predicted octanol–water partition coefficient (Wildman–Crippen LogP) is 1.96. The van der Waals surface area contributed by atoms with Gasteiger partial charge in [0.2, 0.25) is 0 Å². The Morgan fingerprint density at radius 3 is 2.95 bits per heavy atom. The summed E-state index contributed by atoms with van der Waals surface area (Å²) in [4.78, 5) is 12.2. The minimum atomic E-state index is -0.0405. The summed E-state index contributed by atoms with van der Waals surface area (Å²) < 4.78 is 5.35. The Labute approximate surface area is 114 Å². The zero-order valence-electron chi connectivity index (χ0n) is 11.4. The molecule has 3 N–H and O–H groups in total. The summed E-state index contributed by atoms with van der Waals surface area (Å²) in [5.74, 6) is -0.0405. The van der Waals surface area contributed by atoms with Gasteiger partial charge < -0.3 is 15.8 Å². The van der Waals surface area contributed by atoms with E-state index in [1.54, 1.807) is 0 Å². The highest BCUT2D eigenvalue weighted by Gasteiger charge is 2.16. The molecular weight excluding hydrogens is 240 g/mol. The SMILES string of the molecule is CCCCC(CN)NC(=O)c1ccc2c(c1)COC2. The topological polar surface area (TPSA) is 64.3 Å². The van der Waals surface area contributed by atoms with Crippen molar-refractivity contribution in [2.45, 2.75) is 45.4 Å². The van der Waals surface area contributed by atoms with Crippen molar-refractivity contribution in [3.63, 3.8) is 0 Å². The largest absolute Gasteiger partial charge is 0.372 e. The van der Waals surface area contributed by atoms with Gasteiger partial charge in [-0.05, 0) is 29.7 Å². The summed E-state index contributed by atoms with van der Waals surface area (Å²) in [5, 5.41) is 3.00. The van der Waals surface area contributed by atoms with Gasteiger partial charge in [0.25, 0.3) is 5.91 Å². The number of hydrogen-bond donors (Lipinski definition) is 2. The summed E-state index contributed by atoms with van der Waals surface area (Å²) in [6.07, 6.45) is 3.13. The fourth-order valence-corrected chi connectivity index (χ4v) is 2.28. The molecule has 4 heteroatoms. The maximum atomic E-state index is 12.2. The fourth-order valence-electron chi connectivity index (χ4n) is 2.28. The first-order valence-corrected chi connectivity index (χ1v) is 6.95. The Bertz CT molecular complexity index is 446. The standard InChI is InChI=1S/C15H22N2O2/c1-2-3-4-14(8-16)17-15(18)11-5-6-12-9-19-10-13(12)7-11/h5-7,14H,2-4,8-10,16H2,1H3,(H,17,18). The van der Waals surface area contributed by atoms with Crippen molar-refractivity contribution in [3.8, 4) is 0 Å². The minimum Gasteiger partial charge on any atom is -0.372 e. The summed E-state index contributed by atoms with van der Waals surface area (Å²) in [7, 11) is 0. The van der Waals surface area contributed by atoms with Crippen LogP contribution < -0.4 is 11.1 Å². The van der Waals surface area contributed by atoms with E-state index in [-0.39, 0.29) is 11.9 Å². The highest BCUT2D eigenvalue weighted by Crippen LogP contribution is 2.20. The van der Waals surface area contributed by atoms with Crippen LogP contribution in [0, 0.1) is 0 Å². The molecule has 1 aromatic rings. The van der Waals surface area contributed by atoms with Crippen molar-refractivity contribution in [3.05, 3.63) is 34.9 Å². The van der Waals surface area contributed by atoms with E-state index in [2.05, 4.69) is 12.2 Å². The molecule has 1 heterocycles. The Kier molecular flexibility index (Phi) is 4.93. The number of unbranched alkanes of at least 4 members (excludes halogenated alkanes) is 1. The zero-order chi connectivity index (χ0) is 13.7. The second-order valence-electron chi connectivity index (χ2n) is 5.02. The minimum absolute atomic E-state index is 0.0405. The van der Waals surface area contributed by atoms with E-state index in [1.807, 2.05) is 18.2 Å². The third kappa shape index (κ3) is 3.55. The number of nitrogens with two attached hydrogens (primary N) is 1. The van der Waals surface area contributed by atoms with Gasteiger partial charge in [-0.1, -0.05) is 25.8 Å². The highest BCUT2D eigenvalue weighted by molar-refractivity contribution is 5.94. The van der Waals surface area contributed by atoms with Gasteiger partial charge in [-0.3, -0.25) is 4.79 Å². The van der Waals surface area contributed by atoms with Crippen LogP contribution in [0.2, 0.25) is 0 Å². The number of benzene rings is 1. The third-order valence-electron chi connectivity index (χ3n) is 3.51. The number of rotatable bonds is 6. The van der Waals surface area contributed by atoms with Gasteiger partial charge in [0.05, 0.1) is 13.2 Å². The van der Waals surface area contributed by atoms with Crippen LogP contribution in [0.3, 0.4) is 0 Å². The van der Waals surface area contributed by atoms with Gasteiger partial charge in [0.1, 0.15) is 0 Å². The Balaban J connectivity index is 1.99. The smallest absolute Gasteiger partial charge is 0.251 e. The lowest BCUT2D eigenvalue weighted by Gasteiger charge is -2.16. The average molecular weight is 262 g/mol. The average Bonchev–Trinajstić information content (AvgIpc) is 2.90. The van der Waals surface area contributed by atoms with Crippen molar-refractivity contribution < 1.29 is 9.53 Å². The van der Waals surface area contributed by atoms with Crippen LogP contribution in [0.4, 0.5) is 0 Å². The Morgan fingerprint density at radius 2 is 2.21 bits per heavy atom. The van der Waals surface area contributed by atoms with Crippen molar-refractivity contribution in [1.29, 1.82) is 0 Å². The molecule has 0 saturated heterocycles. The monoisotopic (exact) mass is 262 g/mol. The number of nitrogens with one attached hydrogen (secondary N) is 1. The van der Waals surface area contributed by atoms with E-state index < -0.39 is 0 Å². The number of ether oxygens (including phenoxy) is 1. The molecule has 4 nitrogen and oxygen atoms in total. The zero-order valence-corrected chi connectivity index (χ0v) is 11.4. The van der Waals surface area contributed by atoms with Crippen LogP contribution in [-0.4, -0.2) is 18.5 Å². The highest BCUT2D eigenvalue weighted by atomic mass is 16.5. The first-order valence-electron chi connectivity index (χ1n) is 6.95. The Hall–Kier alpha value is -1.39.